The van der Waals surface area contributed by atoms with Gasteiger partial charge >= 0.3 is 0 Å². The maximum Gasteiger partial charge on any atom is 0.251 e. The number of thioether (sulfide) groups is 1. The van der Waals surface area contributed by atoms with Crippen LogP contribution >= 0.6 is 23.1 Å². The molecule has 1 amide bonds. The first-order valence-corrected chi connectivity index (χ1v) is 11.7. The lowest BCUT2D eigenvalue weighted by molar-refractivity contribution is 0.0953. The molecule has 7 heteroatoms. The number of hydrogen-bond acceptors (Lipinski definition) is 5. The van der Waals surface area contributed by atoms with Gasteiger partial charge in [0.15, 0.2) is 5.16 Å². The molecule has 0 saturated carbocycles. The number of rotatable bonds is 7. The van der Waals surface area contributed by atoms with Gasteiger partial charge < -0.3 is 5.32 Å². The molecule has 0 atom stereocenters. The summed E-state index contributed by atoms with van der Waals surface area (Å²) in [6.45, 7) is 0.670. The summed E-state index contributed by atoms with van der Waals surface area (Å²) in [7, 11) is 0. The SMILES string of the molecule is CSc1nccn1-c1ccc(C(=O)NCCCc2nc3c(s2)CCCC3)cc1. The molecule has 0 spiro atoms. The van der Waals surface area contributed by atoms with Gasteiger partial charge in [0.2, 0.25) is 0 Å². The zero-order chi connectivity index (χ0) is 19.3. The topological polar surface area (TPSA) is 59.8 Å². The summed E-state index contributed by atoms with van der Waals surface area (Å²) in [5.41, 5.74) is 3.00. The molecule has 0 aliphatic heterocycles. The van der Waals surface area contributed by atoms with Crippen molar-refractivity contribution in [2.45, 2.75) is 43.7 Å². The molecule has 5 nitrogen and oxygen atoms in total. The molecule has 1 aliphatic rings. The number of fused-ring (bicyclic) bond motifs is 1. The van der Waals surface area contributed by atoms with Crippen LogP contribution in [0.1, 0.15) is 45.2 Å². The number of benzene rings is 1. The van der Waals surface area contributed by atoms with Crippen LogP contribution in [0, 0.1) is 0 Å². The lowest BCUT2D eigenvalue weighted by Gasteiger charge is -2.08. The molecule has 146 valence electrons. The van der Waals surface area contributed by atoms with E-state index in [9.17, 15) is 4.79 Å². The Morgan fingerprint density at radius 1 is 1.25 bits per heavy atom. The minimum absolute atomic E-state index is 0.0271. The number of carbonyl (C=O) groups is 1. The van der Waals surface area contributed by atoms with Crippen LogP contribution in [0.3, 0.4) is 0 Å². The molecule has 0 fully saturated rings. The summed E-state index contributed by atoms with van der Waals surface area (Å²) < 4.78 is 2.01. The van der Waals surface area contributed by atoms with Gasteiger partial charge in [0, 0.05) is 41.5 Å². The normalized spacial score (nSPS) is 13.3. The van der Waals surface area contributed by atoms with E-state index < -0.39 is 0 Å². The van der Waals surface area contributed by atoms with Crippen molar-refractivity contribution >= 4 is 29.0 Å². The van der Waals surface area contributed by atoms with Gasteiger partial charge in [-0.2, -0.15) is 0 Å². The molecule has 3 aromatic rings. The van der Waals surface area contributed by atoms with Gasteiger partial charge in [0.25, 0.3) is 5.91 Å². The van der Waals surface area contributed by atoms with E-state index in [0.29, 0.717) is 12.1 Å². The number of carbonyl (C=O) groups excluding carboxylic acids is 1. The number of nitrogens with zero attached hydrogens (tertiary/aromatic N) is 3. The molecule has 1 N–H and O–H groups in total. The minimum Gasteiger partial charge on any atom is -0.352 e. The quantitative estimate of drug-likeness (QED) is 0.464. The third-order valence-corrected chi connectivity index (χ3v) is 6.82. The molecular weight excluding hydrogens is 388 g/mol. The summed E-state index contributed by atoms with van der Waals surface area (Å²) in [4.78, 5) is 22.9. The third kappa shape index (κ3) is 4.31. The molecule has 28 heavy (non-hydrogen) atoms. The zero-order valence-electron chi connectivity index (χ0n) is 16.0. The molecule has 0 unspecified atom stereocenters. The van der Waals surface area contributed by atoms with Crippen molar-refractivity contribution in [3.8, 4) is 5.69 Å². The van der Waals surface area contributed by atoms with Crippen molar-refractivity contribution in [3.63, 3.8) is 0 Å². The van der Waals surface area contributed by atoms with Gasteiger partial charge in [-0.1, -0.05) is 11.8 Å². The van der Waals surface area contributed by atoms with Crippen molar-refractivity contribution in [2.75, 3.05) is 12.8 Å². The molecule has 2 heterocycles. The molecule has 0 radical (unpaired) electrons. The summed E-state index contributed by atoms with van der Waals surface area (Å²) in [5, 5.41) is 5.17. The van der Waals surface area contributed by atoms with Crippen molar-refractivity contribution in [2.24, 2.45) is 0 Å². The Kier molecular flexibility index (Phi) is 6.12. The van der Waals surface area contributed by atoms with Crippen LogP contribution in [0.15, 0.2) is 41.8 Å². The second-order valence-corrected chi connectivity index (χ2v) is 8.82. The second-order valence-electron chi connectivity index (χ2n) is 6.87. The number of aryl methyl sites for hydroxylation is 3. The molecule has 2 aromatic heterocycles. The van der Waals surface area contributed by atoms with Crippen LogP contribution in [-0.2, 0) is 19.3 Å². The summed E-state index contributed by atoms with van der Waals surface area (Å²) in [6.07, 6.45) is 12.5. The number of imidazole rings is 1. The molecule has 4 rings (SSSR count). The Morgan fingerprint density at radius 3 is 2.86 bits per heavy atom. The van der Waals surface area contributed by atoms with Gasteiger partial charge in [0.05, 0.1) is 10.7 Å². The van der Waals surface area contributed by atoms with Crippen LogP contribution < -0.4 is 5.32 Å². The van der Waals surface area contributed by atoms with Gasteiger partial charge in [0.1, 0.15) is 0 Å². The maximum absolute atomic E-state index is 12.4. The highest BCUT2D eigenvalue weighted by molar-refractivity contribution is 7.98. The van der Waals surface area contributed by atoms with Crippen LogP contribution in [0.4, 0.5) is 0 Å². The number of amides is 1. The second kappa shape index (κ2) is 8.92. The first kappa shape index (κ1) is 19.2. The first-order valence-electron chi connectivity index (χ1n) is 9.68. The van der Waals surface area contributed by atoms with Crippen LogP contribution in [0.25, 0.3) is 5.69 Å². The van der Waals surface area contributed by atoms with Crippen molar-refractivity contribution in [3.05, 3.63) is 57.8 Å². The summed E-state index contributed by atoms with van der Waals surface area (Å²) in [5.74, 6) is -0.0271. The van der Waals surface area contributed by atoms with E-state index in [1.165, 1.54) is 34.8 Å². The fourth-order valence-corrected chi connectivity index (χ4v) is 5.19. The predicted molar refractivity (Wildman–Crippen MR) is 115 cm³/mol. The van der Waals surface area contributed by atoms with Crippen LogP contribution in [0.5, 0.6) is 0 Å². The fraction of sp³-hybridized carbons (Fsp3) is 0.381. The zero-order valence-corrected chi connectivity index (χ0v) is 17.6. The van der Waals surface area contributed by atoms with E-state index in [4.69, 9.17) is 4.98 Å². The standard InChI is InChI=1S/C21H24N4OS2/c1-27-21-23-13-14-25(21)16-10-8-15(9-11-16)20(26)22-12-4-7-19-24-17-5-2-3-6-18(17)28-19/h8-11,13-14H,2-7,12H2,1H3,(H,22,26). The van der Waals surface area contributed by atoms with E-state index in [0.717, 1.165) is 30.1 Å². The highest BCUT2D eigenvalue weighted by Gasteiger charge is 2.15. The summed E-state index contributed by atoms with van der Waals surface area (Å²) in [6, 6.07) is 7.64. The van der Waals surface area contributed by atoms with Crippen molar-refractivity contribution < 1.29 is 4.79 Å². The highest BCUT2D eigenvalue weighted by atomic mass is 32.2. The highest BCUT2D eigenvalue weighted by Crippen LogP contribution is 2.27. The third-order valence-electron chi connectivity index (χ3n) is 4.94. The Balaban J connectivity index is 1.27. The summed E-state index contributed by atoms with van der Waals surface area (Å²) >= 11 is 3.46. The largest absolute Gasteiger partial charge is 0.352 e. The molecule has 1 aromatic carbocycles. The number of aromatic nitrogens is 3. The van der Waals surface area contributed by atoms with Crippen molar-refractivity contribution in [1.82, 2.24) is 19.9 Å². The Bertz CT molecular complexity index is 922. The van der Waals surface area contributed by atoms with Crippen molar-refractivity contribution in [1.29, 1.82) is 0 Å². The number of thiazole rings is 1. The Labute approximate surface area is 173 Å². The average Bonchev–Trinajstić information content (AvgIpc) is 3.37. The number of hydrogen-bond donors (Lipinski definition) is 1. The fourth-order valence-electron chi connectivity index (χ4n) is 3.47. The smallest absolute Gasteiger partial charge is 0.251 e. The molecule has 0 saturated heterocycles. The molecule has 0 bridgehead atoms. The van der Waals surface area contributed by atoms with Gasteiger partial charge in [-0.15, -0.1) is 11.3 Å². The Morgan fingerprint density at radius 2 is 2.07 bits per heavy atom. The Hall–Kier alpha value is -2.12. The molecule has 1 aliphatic carbocycles. The lowest BCUT2D eigenvalue weighted by Crippen LogP contribution is -2.24. The van der Waals surface area contributed by atoms with E-state index in [1.807, 2.05) is 52.6 Å². The van der Waals surface area contributed by atoms with Gasteiger partial charge in [-0.25, -0.2) is 9.97 Å². The van der Waals surface area contributed by atoms with Gasteiger partial charge in [-0.05, 0) is 62.6 Å². The van der Waals surface area contributed by atoms with E-state index >= 15 is 0 Å². The van der Waals surface area contributed by atoms with Gasteiger partial charge in [-0.3, -0.25) is 9.36 Å². The van der Waals surface area contributed by atoms with E-state index in [2.05, 4.69) is 10.3 Å². The predicted octanol–water partition coefficient (Wildman–Crippen LogP) is 4.29. The first-order chi connectivity index (χ1) is 13.7. The lowest BCUT2D eigenvalue weighted by atomic mass is 10.0. The number of nitrogens with one attached hydrogen (secondary N) is 1. The average molecular weight is 413 g/mol. The molecular formula is C21H24N4OS2. The van der Waals surface area contributed by atoms with Crippen LogP contribution in [0.2, 0.25) is 0 Å². The van der Waals surface area contributed by atoms with Crippen LogP contribution in [-0.4, -0.2) is 33.2 Å². The van der Waals surface area contributed by atoms with E-state index in [-0.39, 0.29) is 5.91 Å². The maximum atomic E-state index is 12.4. The van der Waals surface area contributed by atoms with E-state index in [1.54, 1.807) is 18.0 Å². The minimum atomic E-state index is -0.0271. The monoisotopic (exact) mass is 412 g/mol.